The first-order chi connectivity index (χ1) is 7.36. The smallest absolute Gasteiger partial charge is 0.223 e. The molecule has 0 spiro atoms. The summed E-state index contributed by atoms with van der Waals surface area (Å²) in [4.78, 5) is 11.5. The second kappa shape index (κ2) is 5.09. The lowest BCUT2D eigenvalue weighted by Gasteiger charge is -2.22. The molecule has 0 radical (unpaired) electrons. The van der Waals surface area contributed by atoms with Crippen molar-refractivity contribution in [3.8, 4) is 0 Å². The number of hydrogen-bond acceptors (Lipinski definition) is 4. The molecule has 1 saturated heterocycles. The van der Waals surface area contributed by atoms with Crippen molar-refractivity contribution in [2.45, 2.75) is 18.9 Å². The Balaban J connectivity index is 1.75. The summed E-state index contributed by atoms with van der Waals surface area (Å²) in [6.07, 6.45) is 3.80. The molecule has 0 bridgehead atoms. The Morgan fingerprint density at radius 3 is 3.27 bits per heavy atom. The molecule has 1 fully saturated rings. The molecule has 2 heterocycles. The van der Waals surface area contributed by atoms with Crippen LogP contribution in [0.2, 0.25) is 0 Å². The van der Waals surface area contributed by atoms with Gasteiger partial charge in [-0.1, -0.05) is 0 Å². The summed E-state index contributed by atoms with van der Waals surface area (Å²) in [6, 6.07) is 3.36. The molecule has 4 heteroatoms. The van der Waals surface area contributed by atoms with E-state index in [-0.39, 0.29) is 18.5 Å². The van der Waals surface area contributed by atoms with Crippen LogP contribution in [0.4, 0.5) is 0 Å². The van der Waals surface area contributed by atoms with Crippen molar-refractivity contribution in [3.63, 3.8) is 0 Å². The third kappa shape index (κ3) is 2.91. The van der Waals surface area contributed by atoms with Gasteiger partial charge in [-0.3, -0.25) is 4.79 Å². The van der Waals surface area contributed by atoms with Gasteiger partial charge in [0.1, 0.15) is 6.61 Å². The van der Waals surface area contributed by atoms with Crippen LogP contribution in [0.5, 0.6) is 0 Å². The third-order valence-electron chi connectivity index (χ3n) is 2.50. The predicted octanol–water partition coefficient (Wildman–Crippen LogP) is 1.23. The van der Waals surface area contributed by atoms with E-state index in [0.29, 0.717) is 5.76 Å². The standard InChI is InChI=1S/C11H15NO3/c13-10(11-4-2-6-14-11)8-15-9-3-1-5-12-7-9/h2,4,6,9,12H,1,3,5,7-8H2. The van der Waals surface area contributed by atoms with Gasteiger partial charge >= 0.3 is 0 Å². The van der Waals surface area contributed by atoms with Crippen molar-refractivity contribution in [1.82, 2.24) is 5.32 Å². The fourth-order valence-corrected chi connectivity index (χ4v) is 1.66. The molecular formula is C11H15NO3. The molecule has 0 aromatic carbocycles. The number of rotatable bonds is 4. The predicted molar refractivity (Wildman–Crippen MR) is 54.9 cm³/mol. The van der Waals surface area contributed by atoms with E-state index in [1.807, 2.05) is 0 Å². The van der Waals surface area contributed by atoms with E-state index >= 15 is 0 Å². The number of Topliss-reactive ketones (excluding diaryl/α,β-unsaturated/α-hetero) is 1. The Labute approximate surface area is 88.6 Å². The van der Waals surface area contributed by atoms with Gasteiger partial charge in [-0.15, -0.1) is 0 Å². The quantitative estimate of drug-likeness (QED) is 0.758. The van der Waals surface area contributed by atoms with Crippen molar-refractivity contribution in [3.05, 3.63) is 24.2 Å². The van der Waals surface area contributed by atoms with Crippen LogP contribution in [0, 0.1) is 0 Å². The average Bonchev–Trinajstić information content (AvgIpc) is 2.81. The van der Waals surface area contributed by atoms with Gasteiger partial charge in [0.15, 0.2) is 5.76 Å². The molecule has 82 valence electrons. The van der Waals surface area contributed by atoms with Crippen LogP contribution in [-0.4, -0.2) is 31.6 Å². The van der Waals surface area contributed by atoms with Crippen molar-refractivity contribution in [2.75, 3.05) is 19.7 Å². The average molecular weight is 209 g/mol. The van der Waals surface area contributed by atoms with E-state index in [1.54, 1.807) is 12.1 Å². The lowest BCUT2D eigenvalue weighted by atomic mass is 10.1. The fourth-order valence-electron chi connectivity index (χ4n) is 1.66. The number of ketones is 1. The molecule has 1 aromatic heterocycles. The Kier molecular flexibility index (Phi) is 3.53. The van der Waals surface area contributed by atoms with Crippen molar-refractivity contribution in [1.29, 1.82) is 0 Å². The van der Waals surface area contributed by atoms with Gasteiger partial charge in [-0.05, 0) is 31.5 Å². The molecule has 1 aromatic rings. The van der Waals surface area contributed by atoms with Gasteiger partial charge in [0.05, 0.1) is 12.4 Å². The van der Waals surface area contributed by atoms with Crippen molar-refractivity contribution in [2.24, 2.45) is 0 Å². The van der Waals surface area contributed by atoms with Crippen LogP contribution in [0.1, 0.15) is 23.4 Å². The van der Waals surface area contributed by atoms with Crippen LogP contribution < -0.4 is 5.32 Å². The summed E-state index contributed by atoms with van der Waals surface area (Å²) in [5, 5.41) is 3.23. The van der Waals surface area contributed by atoms with Gasteiger partial charge in [0.2, 0.25) is 5.78 Å². The number of nitrogens with one attached hydrogen (secondary N) is 1. The molecule has 1 atom stereocenters. The number of piperidine rings is 1. The SMILES string of the molecule is O=C(COC1CCCNC1)c1ccco1. The minimum absolute atomic E-state index is 0.0921. The zero-order valence-corrected chi connectivity index (χ0v) is 8.57. The number of hydrogen-bond donors (Lipinski definition) is 1. The summed E-state index contributed by atoms with van der Waals surface area (Å²) >= 11 is 0. The Morgan fingerprint density at radius 2 is 2.60 bits per heavy atom. The fraction of sp³-hybridized carbons (Fsp3) is 0.545. The van der Waals surface area contributed by atoms with E-state index in [2.05, 4.69) is 5.32 Å². The molecule has 0 saturated carbocycles. The first-order valence-electron chi connectivity index (χ1n) is 5.25. The molecule has 2 rings (SSSR count). The highest BCUT2D eigenvalue weighted by Gasteiger charge is 2.16. The minimum Gasteiger partial charge on any atom is -0.461 e. The van der Waals surface area contributed by atoms with Crippen LogP contribution >= 0.6 is 0 Å². The molecule has 0 aliphatic carbocycles. The Hall–Kier alpha value is -1.13. The maximum atomic E-state index is 11.5. The van der Waals surface area contributed by atoms with Crippen LogP contribution in [0.3, 0.4) is 0 Å². The Bertz CT molecular complexity index is 302. The van der Waals surface area contributed by atoms with E-state index in [0.717, 1.165) is 25.9 Å². The molecular weight excluding hydrogens is 194 g/mol. The summed E-state index contributed by atoms with van der Waals surface area (Å²) in [7, 11) is 0. The van der Waals surface area contributed by atoms with E-state index in [9.17, 15) is 4.79 Å². The second-order valence-corrected chi connectivity index (χ2v) is 3.68. The number of carbonyl (C=O) groups is 1. The highest BCUT2D eigenvalue weighted by atomic mass is 16.5. The molecule has 15 heavy (non-hydrogen) atoms. The van der Waals surface area contributed by atoms with E-state index in [4.69, 9.17) is 9.15 Å². The number of ether oxygens (including phenoxy) is 1. The molecule has 1 aliphatic heterocycles. The second-order valence-electron chi connectivity index (χ2n) is 3.68. The Morgan fingerprint density at radius 1 is 1.67 bits per heavy atom. The maximum Gasteiger partial charge on any atom is 0.223 e. The molecule has 1 N–H and O–H groups in total. The minimum atomic E-state index is -0.0921. The van der Waals surface area contributed by atoms with Crippen molar-refractivity contribution < 1.29 is 13.9 Å². The number of carbonyl (C=O) groups excluding carboxylic acids is 1. The van der Waals surface area contributed by atoms with Crippen LogP contribution in [-0.2, 0) is 4.74 Å². The normalized spacial score (nSPS) is 21.5. The maximum absolute atomic E-state index is 11.5. The summed E-state index contributed by atoms with van der Waals surface area (Å²) in [5.41, 5.74) is 0. The first-order valence-corrected chi connectivity index (χ1v) is 5.25. The summed E-state index contributed by atoms with van der Waals surface area (Å²) in [6.45, 7) is 2.00. The van der Waals surface area contributed by atoms with Crippen LogP contribution in [0.15, 0.2) is 22.8 Å². The molecule has 1 unspecified atom stereocenters. The van der Waals surface area contributed by atoms with Gasteiger partial charge in [-0.2, -0.15) is 0 Å². The molecule has 1 aliphatic rings. The summed E-state index contributed by atoms with van der Waals surface area (Å²) < 4.78 is 10.5. The van der Waals surface area contributed by atoms with Gasteiger partial charge in [0.25, 0.3) is 0 Å². The van der Waals surface area contributed by atoms with Gasteiger partial charge in [0, 0.05) is 6.54 Å². The number of furan rings is 1. The topological polar surface area (TPSA) is 51.5 Å². The van der Waals surface area contributed by atoms with Crippen LogP contribution in [0.25, 0.3) is 0 Å². The van der Waals surface area contributed by atoms with Gasteiger partial charge in [-0.25, -0.2) is 0 Å². The highest BCUT2D eigenvalue weighted by Crippen LogP contribution is 2.07. The lowest BCUT2D eigenvalue weighted by Crippen LogP contribution is -2.36. The molecule has 4 nitrogen and oxygen atoms in total. The van der Waals surface area contributed by atoms with E-state index in [1.165, 1.54) is 6.26 Å². The first kappa shape index (κ1) is 10.4. The monoisotopic (exact) mass is 209 g/mol. The molecule has 0 amide bonds. The van der Waals surface area contributed by atoms with Gasteiger partial charge < -0.3 is 14.5 Å². The summed E-state index contributed by atoms with van der Waals surface area (Å²) in [5.74, 6) is 0.282. The zero-order chi connectivity index (χ0) is 10.5. The zero-order valence-electron chi connectivity index (χ0n) is 8.57. The van der Waals surface area contributed by atoms with E-state index < -0.39 is 0 Å². The highest BCUT2D eigenvalue weighted by molar-refractivity contribution is 5.94. The lowest BCUT2D eigenvalue weighted by molar-refractivity contribution is 0.0332. The van der Waals surface area contributed by atoms with Crippen molar-refractivity contribution >= 4 is 5.78 Å². The third-order valence-corrected chi connectivity index (χ3v) is 2.50. The largest absolute Gasteiger partial charge is 0.461 e.